The lowest BCUT2D eigenvalue weighted by atomic mass is 9.97. The summed E-state index contributed by atoms with van der Waals surface area (Å²) >= 11 is 0. The van der Waals surface area contributed by atoms with Crippen molar-refractivity contribution in [2.24, 2.45) is 5.92 Å². The molecule has 0 aliphatic carbocycles. The van der Waals surface area contributed by atoms with Gasteiger partial charge in [0.05, 0.1) is 7.11 Å². The summed E-state index contributed by atoms with van der Waals surface area (Å²) in [5, 5.41) is 15.1. The second-order valence-corrected chi connectivity index (χ2v) is 8.28. The van der Waals surface area contributed by atoms with E-state index in [1.807, 2.05) is 69.3 Å². The van der Waals surface area contributed by atoms with Crippen LogP contribution in [-0.4, -0.2) is 45.5 Å². The first-order valence-electron chi connectivity index (χ1n) is 11.2. The number of hydrogen-bond donors (Lipinski definition) is 0. The molecule has 33 heavy (non-hydrogen) atoms. The number of carbonyl (C=O) groups is 2. The molecule has 8 heteroatoms. The fourth-order valence-corrected chi connectivity index (χ4v) is 3.86. The van der Waals surface area contributed by atoms with Crippen molar-refractivity contribution in [2.75, 3.05) is 7.11 Å². The summed E-state index contributed by atoms with van der Waals surface area (Å²) in [6.45, 7) is 6.23. The standard InChI is InChI=1S/C25H30N5O3/c1-5-6-11-22(31)30(23(17(2)3)25(32)33-4)16-18-12-14-19(15-13-18)20-9-7-8-10-21(20)24-26-28-29-27-24/h7-10,12-15,17,23H,5-6,11,16H2,1-4H3/q-1/t23-/m0/s1. The molecule has 0 saturated carbocycles. The van der Waals surface area contributed by atoms with Crippen LogP contribution in [0.3, 0.4) is 0 Å². The van der Waals surface area contributed by atoms with Crippen molar-refractivity contribution in [3.05, 3.63) is 54.1 Å². The maximum atomic E-state index is 13.0. The van der Waals surface area contributed by atoms with Crippen LogP contribution in [0.15, 0.2) is 48.5 Å². The third kappa shape index (κ3) is 5.83. The number of rotatable bonds is 10. The van der Waals surface area contributed by atoms with Gasteiger partial charge >= 0.3 is 5.97 Å². The van der Waals surface area contributed by atoms with Crippen molar-refractivity contribution in [1.29, 1.82) is 0 Å². The number of unbranched alkanes of at least 4 members (excludes halogenated alkanes) is 1. The van der Waals surface area contributed by atoms with Crippen molar-refractivity contribution in [3.63, 3.8) is 0 Å². The molecule has 0 saturated heterocycles. The highest BCUT2D eigenvalue weighted by Crippen LogP contribution is 2.30. The van der Waals surface area contributed by atoms with Crippen LogP contribution in [0.5, 0.6) is 0 Å². The first-order chi connectivity index (χ1) is 16.0. The number of hydrogen-bond acceptors (Lipinski definition) is 6. The van der Waals surface area contributed by atoms with Gasteiger partial charge in [-0.15, -0.1) is 0 Å². The smallest absolute Gasteiger partial charge is 0.328 e. The molecule has 0 N–H and O–H groups in total. The Labute approximate surface area is 194 Å². The number of benzene rings is 2. The number of tetrazole rings is 1. The number of esters is 1. The molecule has 0 unspecified atom stereocenters. The Hall–Kier alpha value is -3.55. The third-order valence-electron chi connectivity index (χ3n) is 5.58. The molecule has 0 radical (unpaired) electrons. The molecule has 3 aromatic rings. The molecule has 2 aromatic carbocycles. The second kappa shape index (κ2) is 11.4. The lowest BCUT2D eigenvalue weighted by molar-refractivity contribution is -0.155. The molecule has 0 aliphatic rings. The van der Waals surface area contributed by atoms with E-state index < -0.39 is 12.0 Å². The number of amides is 1. The Kier molecular flexibility index (Phi) is 8.29. The van der Waals surface area contributed by atoms with E-state index in [-0.39, 0.29) is 11.8 Å². The van der Waals surface area contributed by atoms with E-state index in [2.05, 4.69) is 20.6 Å². The molecule has 0 aliphatic heterocycles. The number of ether oxygens (including phenoxy) is 1. The summed E-state index contributed by atoms with van der Waals surface area (Å²) in [6.07, 6.45) is 2.10. The number of carbonyl (C=O) groups excluding carboxylic acids is 2. The maximum Gasteiger partial charge on any atom is 0.328 e. The van der Waals surface area contributed by atoms with Gasteiger partial charge in [0.2, 0.25) is 5.91 Å². The molecule has 1 atom stereocenters. The van der Waals surface area contributed by atoms with E-state index >= 15 is 0 Å². The summed E-state index contributed by atoms with van der Waals surface area (Å²) in [7, 11) is 1.36. The maximum absolute atomic E-state index is 13.0. The summed E-state index contributed by atoms with van der Waals surface area (Å²) in [5.41, 5.74) is 3.72. The molecule has 0 spiro atoms. The van der Waals surface area contributed by atoms with Gasteiger partial charge in [0.15, 0.2) is 0 Å². The lowest BCUT2D eigenvalue weighted by Crippen LogP contribution is -2.48. The highest BCUT2D eigenvalue weighted by atomic mass is 16.5. The molecule has 1 amide bonds. The molecular weight excluding hydrogens is 418 g/mol. The molecule has 8 nitrogen and oxygen atoms in total. The van der Waals surface area contributed by atoms with E-state index in [9.17, 15) is 9.59 Å². The average Bonchev–Trinajstić information content (AvgIpc) is 3.37. The Bertz CT molecular complexity index is 1050. The van der Waals surface area contributed by atoms with Gasteiger partial charge < -0.3 is 14.7 Å². The van der Waals surface area contributed by atoms with Gasteiger partial charge in [-0.1, -0.05) is 75.7 Å². The number of methoxy groups -OCH3 is 1. The van der Waals surface area contributed by atoms with E-state index in [1.54, 1.807) is 4.90 Å². The van der Waals surface area contributed by atoms with Crippen LogP contribution in [-0.2, 0) is 20.9 Å². The van der Waals surface area contributed by atoms with Crippen LogP contribution < -0.4 is 5.10 Å². The van der Waals surface area contributed by atoms with Gasteiger partial charge in [-0.2, -0.15) is 5.21 Å². The molecule has 0 fully saturated rings. The minimum Gasteiger partial charge on any atom is -0.467 e. The lowest BCUT2D eigenvalue weighted by Gasteiger charge is -2.32. The molecule has 1 aromatic heterocycles. The normalized spacial score (nSPS) is 11.9. The first kappa shape index (κ1) is 24.1. The minimum absolute atomic E-state index is 0.0382. The van der Waals surface area contributed by atoms with Crippen molar-refractivity contribution in [1.82, 2.24) is 25.5 Å². The zero-order valence-electron chi connectivity index (χ0n) is 19.6. The van der Waals surface area contributed by atoms with E-state index in [0.29, 0.717) is 18.8 Å². The van der Waals surface area contributed by atoms with Crippen molar-refractivity contribution in [3.8, 4) is 22.5 Å². The van der Waals surface area contributed by atoms with E-state index in [4.69, 9.17) is 4.74 Å². The molecule has 0 bridgehead atoms. The predicted octanol–water partition coefficient (Wildman–Crippen LogP) is 3.88. The summed E-state index contributed by atoms with van der Waals surface area (Å²) in [5.74, 6) is -0.0257. The minimum atomic E-state index is -0.630. The Balaban J connectivity index is 1.88. The van der Waals surface area contributed by atoms with Gasteiger partial charge in [0, 0.05) is 18.8 Å². The Morgan fingerprint density at radius 1 is 1.06 bits per heavy atom. The monoisotopic (exact) mass is 448 g/mol. The zero-order valence-corrected chi connectivity index (χ0v) is 19.6. The molecule has 3 rings (SSSR count). The molecular formula is C25H30N5O3-. The fourth-order valence-electron chi connectivity index (χ4n) is 3.86. The SMILES string of the molecule is CCCCC(=O)N(Cc1ccc(-c2ccccc2-c2nnn[n-]2)cc1)[C@H](C(=O)OC)C(C)C. The first-order valence-corrected chi connectivity index (χ1v) is 11.2. The van der Waals surface area contributed by atoms with Crippen LogP contribution in [0.2, 0.25) is 0 Å². The highest BCUT2D eigenvalue weighted by molar-refractivity contribution is 5.85. The van der Waals surface area contributed by atoms with Gasteiger partial charge in [-0.3, -0.25) is 15.1 Å². The van der Waals surface area contributed by atoms with Crippen LogP contribution >= 0.6 is 0 Å². The fraction of sp³-hybridized carbons (Fsp3) is 0.400. The summed E-state index contributed by atoms with van der Waals surface area (Å²) in [6, 6.07) is 15.1. The Morgan fingerprint density at radius 3 is 2.33 bits per heavy atom. The van der Waals surface area contributed by atoms with Crippen LogP contribution in [0, 0.1) is 5.92 Å². The predicted molar refractivity (Wildman–Crippen MR) is 125 cm³/mol. The molecule has 1 heterocycles. The second-order valence-electron chi connectivity index (χ2n) is 8.28. The number of nitrogens with zero attached hydrogens (tertiary/aromatic N) is 5. The third-order valence-corrected chi connectivity index (χ3v) is 5.58. The summed E-state index contributed by atoms with van der Waals surface area (Å²) in [4.78, 5) is 27.2. The Morgan fingerprint density at radius 2 is 1.76 bits per heavy atom. The van der Waals surface area contributed by atoms with E-state index in [0.717, 1.165) is 35.1 Å². The van der Waals surface area contributed by atoms with E-state index in [1.165, 1.54) is 7.11 Å². The van der Waals surface area contributed by atoms with Crippen LogP contribution in [0.1, 0.15) is 45.6 Å². The van der Waals surface area contributed by atoms with Crippen molar-refractivity contribution >= 4 is 11.9 Å². The zero-order chi connectivity index (χ0) is 23.8. The van der Waals surface area contributed by atoms with Crippen LogP contribution in [0.25, 0.3) is 22.5 Å². The van der Waals surface area contributed by atoms with Crippen LogP contribution in [0.4, 0.5) is 0 Å². The summed E-state index contributed by atoms with van der Waals surface area (Å²) < 4.78 is 5.02. The van der Waals surface area contributed by atoms with Crippen molar-refractivity contribution in [2.45, 2.75) is 52.6 Å². The average molecular weight is 449 g/mol. The van der Waals surface area contributed by atoms with Gasteiger partial charge in [0.25, 0.3) is 0 Å². The topological polar surface area (TPSA) is 99.4 Å². The molecule has 174 valence electrons. The quantitative estimate of drug-likeness (QED) is 0.434. The largest absolute Gasteiger partial charge is 0.467 e. The van der Waals surface area contributed by atoms with Crippen molar-refractivity contribution < 1.29 is 14.3 Å². The highest BCUT2D eigenvalue weighted by Gasteiger charge is 2.33. The number of aromatic nitrogens is 4. The van der Waals surface area contributed by atoms with Gasteiger partial charge in [-0.25, -0.2) is 4.79 Å². The van der Waals surface area contributed by atoms with Gasteiger partial charge in [0.1, 0.15) is 6.04 Å². The van der Waals surface area contributed by atoms with Gasteiger partial charge in [-0.05, 0) is 34.6 Å².